The van der Waals surface area contributed by atoms with Gasteiger partial charge < -0.3 is 16.0 Å². The molecule has 14 heavy (non-hydrogen) atoms. The van der Waals surface area contributed by atoms with E-state index in [1.54, 1.807) is 0 Å². The van der Waals surface area contributed by atoms with Crippen LogP contribution in [0.25, 0.3) is 0 Å². The van der Waals surface area contributed by atoms with Crippen LogP contribution < -0.4 is 11.1 Å². The molecular formula is C10H19N3O. The Morgan fingerprint density at radius 1 is 1.50 bits per heavy atom. The number of carbonyl (C=O) groups is 1. The molecule has 4 heteroatoms. The molecule has 1 heterocycles. The van der Waals surface area contributed by atoms with Crippen LogP contribution >= 0.6 is 0 Å². The first-order valence-electron chi connectivity index (χ1n) is 5.41. The van der Waals surface area contributed by atoms with Gasteiger partial charge in [-0.1, -0.05) is 6.42 Å². The average molecular weight is 197 g/mol. The number of amides is 1. The summed E-state index contributed by atoms with van der Waals surface area (Å²) in [5.41, 5.74) is 5.86. The van der Waals surface area contributed by atoms with Gasteiger partial charge in [-0.2, -0.15) is 0 Å². The van der Waals surface area contributed by atoms with Crippen LogP contribution in [0.15, 0.2) is 0 Å². The second kappa shape index (κ2) is 3.87. The van der Waals surface area contributed by atoms with E-state index in [0.717, 1.165) is 25.9 Å². The van der Waals surface area contributed by atoms with Crippen molar-refractivity contribution in [2.24, 2.45) is 11.7 Å². The molecule has 0 spiro atoms. The van der Waals surface area contributed by atoms with Gasteiger partial charge in [-0.15, -0.1) is 0 Å². The van der Waals surface area contributed by atoms with Crippen molar-refractivity contribution in [2.75, 3.05) is 20.1 Å². The zero-order valence-electron chi connectivity index (χ0n) is 8.70. The first-order valence-corrected chi connectivity index (χ1v) is 5.41. The van der Waals surface area contributed by atoms with Gasteiger partial charge in [0.2, 0.25) is 5.91 Å². The number of hydrogen-bond acceptors (Lipinski definition) is 3. The molecule has 0 aromatic rings. The Balaban J connectivity index is 1.71. The minimum absolute atomic E-state index is 0.0489. The molecule has 2 fully saturated rings. The number of nitrogens with zero attached hydrogens (tertiary/aromatic N) is 1. The molecule has 1 saturated carbocycles. The van der Waals surface area contributed by atoms with Crippen LogP contribution in [-0.4, -0.2) is 43.0 Å². The first-order chi connectivity index (χ1) is 6.66. The first kappa shape index (κ1) is 9.93. The highest BCUT2D eigenvalue weighted by molar-refractivity contribution is 5.82. The van der Waals surface area contributed by atoms with E-state index in [9.17, 15) is 4.79 Å². The van der Waals surface area contributed by atoms with Crippen LogP contribution in [0.1, 0.15) is 19.3 Å². The number of hydrogen-bond donors (Lipinski definition) is 2. The van der Waals surface area contributed by atoms with Gasteiger partial charge in [-0.3, -0.25) is 4.79 Å². The summed E-state index contributed by atoms with van der Waals surface area (Å²) in [6, 6.07) is 0.0632. The van der Waals surface area contributed by atoms with E-state index in [1.807, 2.05) is 0 Å². The lowest BCUT2D eigenvalue weighted by Gasteiger charge is -2.38. The molecule has 0 bridgehead atoms. The van der Waals surface area contributed by atoms with Gasteiger partial charge in [0.1, 0.15) is 0 Å². The second-order valence-electron chi connectivity index (χ2n) is 4.64. The monoisotopic (exact) mass is 197 g/mol. The molecule has 0 aromatic carbocycles. The van der Waals surface area contributed by atoms with Gasteiger partial charge in [0.05, 0.1) is 12.1 Å². The van der Waals surface area contributed by atoms with Gasteiger partial charge in [0.15, 0.2) is 0 Å². The van der Waals surface area contributed by atoms with E-state index in [4.69, 9.17) is 5.73 Å². The van der Waals surface area contributed by atoms with Gasteiger partial charge >= 0.3 is 0 Å². The molecule has 1 aliphatic heterocycles. The largest absolute Gasteiger partial charge is 0.349 e. The SMILES string of the molecule is CN1CC(NC(=O)C(N)C2CCC2)C1. The summed E-state index contributed by atoms with van der Waals surface area (Å²) < 4.78 is 0. The highest BCUT2D eigenvalue weighted by Gasteiger charge is 2.32. The second-order valence-corrected chi connectivity index (χ2v) is 4.64. The number of nitrogens with one attached hydrogen (secondary N) is 1. The fourth-order valence-corrected chi connectivity index (χ4v) is 2.10. The molecular weight excluding hydrogens is 178 g/mol. The molecule has 80 valence electrons. The van der Waals surface area contributed by atoms with E-state index in [-0.39, 0.29) is 11.9 Å². The molecule has 2 aliphatic rings. The van der Waals surface area contributed by atoms with Gasteiger partial charge in [0, 0.05) is 13.1 Å². The molecule has 1 aliphatic carbocycles. The van der Waals surface area contributed by atoms with Crippen LogP contribution in [0.5, 0.6) is 0 Å². The molecule has 1 unspecified atom stereocenters. The Labute approximate surface area is 84.8 Å². The van der Waals surface area contributed by atoms with E-state index >= 15 is 0 Å². The molecule has 3 N–H and O–H groups in total. The van der Waals surface area contributed by atoms with E-state index in [1.165, 1.54) is 6.42 Å². The lowest BCUT2D eigenvalue weighted by Crippen LogP contribution is -2.61. The molecule has 2 rings (SSSR count). The predicted octanol–water partition coefficient (Wildman–Crippen LogP) is -0.456. The molecule has 0 radical (unpaired) electrons. The van der Waals surface area contributed by atoms with E-state index in [2.05, 4.69) is 17.3 Å². The Hall–Kier alpha value is -0.610. The average Bonchev–Trinajstić information content (AvgIpc) is 1.98. The van der Waals surface area contributed by atoms with Crippen molar-refractivity contribution < 1.29 is 4.79 Å². The van der Waals surface area contributed by atoms with Crippen molar-refractivity contribution in [2.45, 2.75) is 31.3 Å². The Kier molecular flexibility index (Phi) is 2.74. The number of likely N-dealkylation sites (N-methyl/N-ethyl adjacent to an activating group) is 1. The lowest BCUT2D eigenvalue weighted by atomic mass is 9.79. The predicted molar refractivity (Wildman–Crippen MR) is 54.7 cm³/mol. The van der Waals surface area contributed by atoms with E-state index in [0.29, 0.717) is 12.0 Å². The molecule has 1 amide bonds. The van der Waals surface area contributed by atoms with Crippen molar-refractivity contribution in [1.82, 2.24) is 10.2 Å². The van der Waals surface area contributed by atoms with Crippen molar-refractivity contribution in [3.05, 3.63) is 0 Å². The number of nitrogens with two attached hydrogens (primary N) is 1. The quantitative estimate of drug-likeness (QED) is 0.644. The summed E-state index contributed by atoms with van der Waals surface area (Å²) in [4.78, 5) is 13.8. The van der Waals surface area contributed by atoms with Gasteiger partial charge in [-0.25, -0.2) is 0 Å². The number of likely N-dealkylation sites (tertiary alicyclic amines) is 1. The Bertz CT molecular complexity index is 221. The Morgan fingerprint density at radius 2 is 2.14 bits per heavy atom. The molecule has 4 nitrogen and oxygen atoms in total. The minimum atomic E-state index is -0.269. The normalized spacial score (nSPS) is 26.4. The third kappa shape index (κ3) is 1.91. The molecule has 1 saturated heterocycles. The smallest absolute Gasteiger partial charge is 0.237 e. The summed E-state index contributed by atoms with van der Waals surface area (Å²) in [6.45, 7) is 1.92. The Morgan fingerprint density at radius 3 is 2.57 bits per heavy atom. The maximum absolute atomic E-state index is 11.6. The summed E-state index contributed by atoms with van der Waals surface area (Å²) in [5.74, 6) is 0.487. The van der Waals surface area contributed by atoms with Crippen molar-refractivity contribution in [3.63, 3.8) is 0 Å². The van der Waals surface area contributed by atoms with Crippen LogP contribution in [0, 0.1) is 5.92 Å². The highest BCUT2D eigenvalue weighted by atomic mass is 16.2. The summed E-state index contributed by atoms with van der Waals surface area (Å²) >= 11 is 0. The summed E-state index contributed by atoms with van der Waals surface area (Å²) in [6.07, 6.45) is 3.48. The topological polar surface area (TPSA) is 58.4 Å². The third-order valence-electron chi connectivity index (χ3n) is 3.37. The van der Waals surface area contributed by atoms with Crippen molar-refractivity contribution >= 4 is 5.91 Å². The van der Waals surface area contributed by atoms with Crippen molar-refractivity contribution in [1.29, 1.82) is 0 Å². The number of carbonyl (C=O) groups excluding carboxylic acids is 1. The summed E-state index contributed by atoms with van der Waals surface area (Å²) in [7, 11) is 2.05. The van der Waals surface area contributed by atoms with Gasteiger partial charge in [0.25, 0.3) is 0 Å². The molecule has 0 aromatic heterocycles. The summed E-state index contributed by atoms with van der Waals surface area (Å²) in [5, 5.41) is 2.99. The third-order valence-corrected chi connectivity index (χ3v) is 3.37. The van der Waals surface area contributed by atoms with Crippen LogP contribution in [0.4, 0.5) is 0 Å². The fraction of sp³-hybridized carbons (Fsp3) is 0.900. The lowest BCUT2D eigenvalue weighted by molar-refractivity contribution is -0.126. The van der Waals surface area contributed by atoms with Crippen LogP contribution in [-0.2, 0) is 4.79 Å². The molecule has 1 atom stereocenters. The standard InChI is InChI=1S/C10H19N3O/c1-13-5-8(6-13)12-10(14)9(11)7-3-2-4-7/h7-9H,2-6,11H2,1H3,(H,12,14). The maximum atomic E-state index is 11.6. The van der Waals surface area contributed by atoms with Crippen molar-refractivity contribution in [3.8, 4) is 0 Å². The van der Waals surface area contributed by atoms with E-state index < -0.39 is 0 Å². The zero-order chi connectivity index (χ0) is 10.1. The fourth-order valence-electron chi connectivity index (χ4n) is 2.10. The van der Waals surface area contributed by atoms with Gasteiger partial charge in [-0.05, 0) is 25.8 Å². The minimum Gasteiger partial charge on any atom is -0.349 e. The van der Waals surface area contributed by atoms with Crippen LogP contribution in [0.3, 0.4) is 0 Å². The van der Waals surface area contributed by atoms with Crippen LogP contribution in [0.2, 0.25) is 0 Å². The zero-order valence-corrected chi connectivity index (χ0v) is 8.70. The highest BCUT2D eigenvalue weighted by Crippen LogP contribution is 2.28. The maximum Gasteiger partial charge on any atom is 0.237 e. The number of rotatable bonds is 3.